The molecule has 2 rings (SSSR count). The smallest absolute Gasteiger partial charge is 0.260 e. The van der Waals surface area contributed by atoms with Crippen molar-refractivity contribution in [2.75, 3.05) is 26.8 Å². The third-order valence-corrected chi connectivity index (χ3v) is 3.23. The Balaban J connectivity index is 1.96. The van der Waals surface area contributed by atoms with E-state index < -0.39 is 0 Å². The molecule has 0 radical (unpaired) electrons. The Labute approximate surface area is 113 Å². The van der Waals surface area contributed by atoms with Crippen LogP contribution in [0.25, 0.3) is 0 Å². The van der Waals surface area contributed by atoms with Crippen LogP contribution in [0.4, 0.5) is 0 Å². The zero-order valence-electron chi connectivity index (χ0n) is 11.2. The number of nitrogens with zero attached hydrogens (tertiary/aromatic N) is 1. The van der Waals surface area contributed by atoms with Gasteiger partial charge >= 0.3 is 0 Å². The fourth-order valence-electron chi connectivity index (χ4n) is 2.15. The lowest BCUT2D eigenvalue weighted by atomic mass is 10.2. The van der Waals surface area contributed by atoms with Gasteiger partial charge in [0, 0.05) is 25.7 Å². The summed E-state index contributed by atoms with van der Waals surface area (Å²) in [4.78, 5) is 13.7. The number of amides is 1. The molecule has 0 unspecified atom stereocenters. The Hall–Kier alpha value is -1.75. The van der Waals surface area contributed by atoms with Gasteiger partial charge in [-0.05, 0) is 30.5 Å². The summed E-state index contributed by atoms with van der Waals surface area (Å²) in [5.41, 5.74) is 6.53. The van der Waals surface area contributed by atoms with Gasteiger partial charge in [0.2, 0.25) is 0 Å². The molecule has 104 valence electrons. The van der Waals surface area contributed by atoms with Gasteiger partial charge < -0.3 is 20.1 Å². The van der Waals surface area contributed by atoms with E-state index in [0.29, 0.717) is 18.0 Å². The van der Waals surface area contributed by atoms with Gasteiger partial charge in [-0.3, -0.25) is 4.79 Å². The molecular weight excluding hydrogens is 244 g/mol. The first-order valence-electron chi connectivity index (χ1n) is 6.51. The van der Waals surface area contributed by atoms with Gasteiger partial charge in [0.1, 0.15) is 11.5 Å². The number of carbonyl (C=O) groups is 1. The van der Waals surface area contributed by atoms with Gasteiger partial charge in [0.05, 0.1) is 7.11 Å². The van der Waals surface area contributed by atoms with Crippen molar-refractivity contribution >= 4 is 5.91 Å². The molecule has 1 amide bonds. The minimum atomic E-state index is 0.0367. The highest BCUT2D eigenvalue weighted by molar-refractivity contribution is 5.78. The molecule has 1 aliphatic rings. The lowest BCUT2D eigenvalue weighted by Gasteiger charge is -2.16. The summed E-state index contributed by atoms with van der Waals surface area (Å²) in [6.45, 7) is 2.16. The van der Waals surface area contributed by atoms with Gasteiger partial charge in [-0.1, -0.05) is 0 Å². The number of rotatable bonds is 5. The fraction of sp³-hybridized carbons (Fsp3) is 0.500. The molecule has 1 aliphatic heterocycles. The third-order valence-electron chi connectivity index (χ3n) is 3.23. The van der Waals surface area contributed by atoms with Crippen molar-refractivity contribution in [2.45, 2.75) is 19.4 Å². The molecule has 0 atom stereocenters. The summed E-state index contributed by atoms with van der Waals surface area (Å²) < 4.78 is 10.7. The van der Waals surface area contributed by atoms with E-state index in [1.54, 1.807) is 13.2 Å². The monoisotopic (exact) mass is 264 g/mol. The minimum Gasteiger partial charge on any atom is -0.497 e. The number of hydrogen-bond acceptors (Lipinski definition) is 4. The maximum absolute atomic E-state index is 11.9. The molecule has 1 heterocycles. The average molecular weight is 264 g/mol. The van der Waals surface area contributed by atoms with Crippen molar-refractivity contribution in [2.24, 2.45) is 5.73 Å². The van der Waals surface area contributed by atoms with Gasteiger partial charge in [0.25, 0.3) is 5.91 Å². The summed E-state index contributed by atoms with van der Waals surface area (Å²) in [7, 11) is 1.59. The van der Waals surface area contributed by atoms with Gasteiger partial charge in [-0.15, -0.1) is 0 Å². The largest absolute Gasteiger partial charge is 0.497 e. The Bertz CT molecular complexity index is 420. The molecule has 0 bridgehead atoms. The number of carbonyl (C=O) groups excluding carboxylic acids is 1. The van der Waals surface area contributed by atoms with Crippen LogP contribution >= 0.6 is 0 Å². The molecule has 1 aromatic rings. The van der Waals surface area contributed by atoms with E-state index in [1.807, 2.05) is 17.0 Å². The van der Waals surface area contributed by atoms with Crippen LogP contribution < -0.4 is 15.2 Å². The van der Waals surface area contributed by atoms with Crippen molar-refractivity contribution in [3.05, 3.63) is 23.8 Å². The van der Waals surface area contributed by atoms with E-state index in [-0.39, 0.29) is 12.5 Å². The van der Waals surface area contributed by atoms with Crippen molar-refractivity contribution in [1.29, 1.82) is 0 Å². The Morgan fingerprint density at radius 3 is 2.58 bits per heavy atom. The van der Waals surface area contributed by atoms with E-state index in [0.717, 1.165) is 31.5 Å². The van der Waals surface area contributed by atoms with E-state index in [9.17, 15) is 4.79 Å². The van der Waals surface area contributed by atoms with Crippen molar-refractivity contribution < 1.29 is 14.3 Å². The first kappa shape index (κ1) is 13.7. The maximum atomic E-state index is 11.9. The second-order valence-electron chi connectivity index (χ2n) is 4.60. The predicted octanol–water partition coefficient (Wildman–Crippen LogP) is 1.16. The van der Waals surface area contributed by atoms with Crippen LogP contribution in [0.3, 0.4) is 0 Å². The van der Waals surface area contributed by atoms with Crippen LogP contribution in [0.2, 0.25) is 0 Å². The van der Waals surface area contributed by atoms with Gasteiger partial charge in [-0.25, -0.2) is 0 Å². The number of benzene rings is 1. The summed E-state index contributed by atoms with van der Waals surface area (Å²) in [5, 5.41) is 0. The zero-order valence-corrected chi connectivity index (χ0v) is 11.2. The number of hydrogen-bond donors (Lipinski definition) is 1. The molecule has 2 N–H and O–H groups in total. The molecule has 0 spiro atoms. The van der Waals surface area contributed by atoms with E-state index >= 15 is 0 Å². The Morgan fingerprint density at radius 2 is 1.95 bits per heavy atom. The molecule has 0 aromatic heterocycles. The number of nitrogens with two attached hydrogens (primary N) is 1. The average Bonchev–Trinajstić information content (AvgIpc) is 2.98. The van der Waals surface area contributed by atoms with Crippen molar-refractivity contribution in [1.82, 2.24) is 4.90 Å². The fourth-order valence-corrected chi connectivity index (χ4v) is 2.15. The highest BCUT2D eigenvalue weighted by atomic mass is 16.5. The van der Waals surface area contributed by atoms with E-state index in [1.165, 1.54) is 0 Å². The van der Waals surface area contributed by atoms with E-state index in [4.69, 9.17) is 15.2 Å². The summed E-state index contributed by atoms with van der Waals surface area (Å²) in [6, 6.07) is 5.45. The first-order chi connectivity index (χ1) is 9.22. The lowest BCUT2D eigenvalue weighted by molar-refractivity contribution is -0.132. The summed E-state index contributed by atoms with van der Waals surface area (Å²) in [6.07, 6.45) is 2.17. The first-order valence-corrected chi connectivity index (χ1v) is 6.51. The molecule has 1 fully saturated rings. The second-order valence-corrected chi connectivity index (χ2v) is 4.60. The third kappa shape index (κ3) is 3.61. The quantitative estimate of drug-likeness (QED) is 0.866. The molecule has 19 heavy (non-hydrogen) atoms. The van der Waals surface area contributed by atoms with Crippen LogP contribution in [0.5, 0.6) is 11.5 Å². The zero-order chi connectivity index (χ0) is 13.7. The standard InChI is InChI=1S/C14H20N2O3/c1-18-12-6-11(9-15)7-13(8-12)19-10-14(17)16-4-2-3-5-16/h6-8H,2-5,9-10,15H2,1H3. The predicted molar refractivity (Wildman–Crippen MR) is 72.2 cm³/mol. The number of ether oxygens (including phenoxy) is 2. The van der Waals surface area contributed by atoms with Crippen molar-refractivity contribution in [3.8, 4) is 11.5 Å². The van der Waals surface area contributed by atoms with Gasteiger partial charge in [-0.2, -0.15) is 0 Å². The SMILES string of the molecule is COc1cc(CN)cc(OCC(=O)N2CCCC2)c1. The Morgan fingerprint density at radius 1 is 1.26 bits per heavy atom. The number of methoxy groups -OCH3 is 1. The molecule has 0 aliphatic carbocycles. The Kier molecular flexibility index (Phi) is 4.63. The van der Waals surface area contributed by atoms with Crippen molar-refractivity contribution in [3.63, 3.8) is 0 Å². The molecule has 0 saturated carbocycles. The van der Waals surface area contributed by atoms with Crippen LogP contribution in [-0.2, 0) is 11.3 Å². The normalized spacial score (nSPS) is 14.5. The highest BCUT2D eigenvalue weighted by Crippen LogP contribution is 2.22. The summed E-state index contributed by atoms with van der Waals surface area (Å²) >= 11 is 0. The van der Waals surface area contributed by atoms with Crippen LogP contribution in [-0.4, -0.2) is 37.6 Å². The highest BCUT2D eigenvalue weighted by Gasteiger charge is 2.18. The molecule has 5 heteroatoms. The molecule has 5 nitrogen and oxygen atoms in total. The van der Waals surface area contributed by atoms with Crippen LogP contribution in [0.1, 0.15) is 18.4 Å². The van der Waals surface area contributed by atoms with Crippen LogP contribution in [0.15, 0.2) is 18.2 Å². The second kappa shape index (κ2) is 6.43. The molecule has 1 saturated heterocycles. The minimum absolute atomic E-state index is 0.0367. The molecule has 1 aromatic carbocycles. The summed E-state index contributed by atoms with van der Waals surface area (Å²) in [5.74, 6) is 1.34. The number of likely N-dealkylation sites (tertiary alicyclic amines) is 1. The lowest BCUT2D eigenvalue weighted by Crippen LogP contribution is -2.32. The van der Waals surface area contributed by atoms with Gasteiger partial charge in [0.15, 0.2) is 6.61 Å². The topological polar surface area (TPSA) is 64.8 Å². The van der Waals surface area contributed by atoms with E-state index in [2.05, 4.69) is 0 Å². The van der Waals surface area contributed by atoms with Crippen LogP contribution in [0, 0.1) is 0 Å². The molecular formula is C14H20N2O3. The maximum Gasteiger partial charge on any atom is 0.260 e.